The molecule has 1 amide bonds. The minimum atomic E-state index is -0.341. The van der Waals surface area contributed by atoms with Crippen LogP contribution in [0.25, 0.3) is 0 Å². The van der Waals surface area contributed by atoms with E-state index >= 15 is 0 Å². The summed E-state index contributed by atoms with van der Waals surface area (Å²) >= 11 is 0. The second-order valence-electron chi connectivity index (χ2n) is 7.30. The number of amides is 1. The number of hydrogen-bond donors (Lipinski definition) is 1. The number of aromatic nitrogens is 2. The first-order chi connectivity index (χ1) is 13.0. The molecule has 0 radical (unpaired) electrons. The fourth-order valence-electron chi connectivity index (χ4n) is 4.16. The lowest BCUT2D eigenvalue weighted by atomic mass is 9.80. The zero-order valence-corrected chi connectivity index (χ0v) is 15.2. The average molecular weight is 365 g/mol. The maximum Gasteiger partial charge on any atom is 0.224 e. The van der Waals surface area contributed by atoms with E-state index in [0.717, 1.165) is 24.1 Å². The van der Waals surface area contributed by atoms with Gasteiger partial charge in [-0.25, -0.2) is 14.4 Å². The first kappa shape index (κ1) is 17.4. The molecule has 2 aliphatic rings. The monoisotopic (exact) mass is 365 g/mol. The van der Waals surface area contributed by atoms with Crippen molar-refractivity contribution in [1.82, 2.24) is 9.97 Å². The van der Waals surface area contributed by atoms with E-state index in [-0.39, 0.29) is 35.4 Å². The number of hydrogen-bond acceptors (Lipinski definition) is 5. The molecule has 27 heavy (non-hydrogen) atoms. The lowest BCUT2D eigenvalue weighted by Gasteiger charge is -2.45. The topological polar surface area (TPSA) is 81.9 Å². The molecule has 0 bridgehead atoms. The molecule has 0 unspecified atom stereocenters. The minimum Gasteiger partial charge on any atom is -0.362 e. The first-order valence-electron chi connectivity index (χ1n) is 9.07. The minimum absolute atomic E-state index is 0.0248. The van der Waals surface area contributed by atoms with E-state index in [1.54, 1.807) is 13.0 Å². The SMILES string of the molecule is CC(=O)N1c2ccc(F)cc2[C@H](Nc2cnc(C#N)cn2)[C@@H](C)[C@@H]1C1CC1. The molecule has 0 spiro atoms. The van der Waals surface area contributed by atoms with Gasteiger partial charge in [0.25, 0.3) is 0 Å². The van der Waals surface area contributed by atoms with E-state index in [2.05, 4.69) is 22.2 Å². The van der Waals surface area contributed by atoms with E-state index in [9.17, 15) is 9.18 Å². The summed E-state index contributed by atoms with van der Waals surface area (Å²) in [4.78, 5) is 22.6. The molecule has 1 aliphatic heterocycles. The van der Waals surface area contributed by atoms with Crippen LogP contribution in [-0.2, 0) is 4.79 Å². The van der Waals surface area contributed by atoms with E-state index in [4.69, 9.17) is 5.26 Å². The van der Waals surface area contributed by atoms with Crippen molar-refractivity contribution in [3.8, 4) is 6.07 Å². The van der Waals surface area contributed by atoms with Gasteiger partial charge in [-0.05, 0) is 37.0 Å². The van der Waals surface area contributed by atoms with Crippen molar-refractivity contribution in [2.45, 2.75) is 38.8 Å². The van der Waals surface area contributed by atoms with Crippen LogP contribution >= 0.6 is 0 Å². The van der Waals surface area contributed by atoms with Crippen LogP contribution in [0.2, 0.25) is 0 Å². The fraction of sp³-hybridized carbons (Fsp3) is 0.400. The maximum atomic E-state index is 14.0. The van der Waals surface area contributed by atoms with Crippen LogP contribution in [0.3, 0.4) is 0 Å². The van der Waals surface area contributed by atoms with Gasteiger partial charge in [0.2, 0.25) is 5.91 Å². The number of halogens is 1. The molecule has 0 saturated heterocycles. The second kappa shape index (κ2) is 6.62. The third-order valence-corrected chi connectivity index (χ3v) is 5.46. The summed E-state index contributed by atoms with van der Waals surface area (Å²) in [7, 11) is 0. The number of anilines is 2. The van der Waals surface area contributed by atoms with Crippen LogP contribution in [0.5, 0.6) is 0 Å². The Morgan fingerprint density at radius 1 is 1.33 bits per heavy atom. The Morgan fingerprint density at radius 2 is 2.11 bits per heavy atom. The highest BCUT2D eigenvalue weighted by Crippen LogP contribution is 2.49. The van der Waals surface area contributed by atoms with Crippen molar-refractivity contribution in [3.05, 3.63) is 47.7 Å². The normalized spacial score (nSPS) is 24.1. The standard InChI is InChI=1S/C20H20FN5O/c1-11-19(25-18-10-23-15(8-22)9-24-18)16-7-14(21)5-6-17(16)26(12(2)27)20(11)13-3-4-13/h5-7,9-11,13,19-20H,3-4H2,1-2H3,(H,24,25)/t11-,19-,20-/m1/s1. The van der Waals surface area contributed by atoms with E-state index in [0.29, 0.717) is 11.7 Å². The molecule has 1 aliphatic carbocycles. The van der Waals surface area contributed by atoms with Gasteiger partial charge in [-0.1, -0.05) is 6.92 Å². The Hall–Kier alpha value is -3.01. The van der Waals surface area contributed by atoms with Crippen LogP contribution in [0, 0.1) is 29.0 Å². The van der Waals surface area contributed by atoms with Gasteiger partial charge in [0.15, 0.2) is 5.69 Å². The van der Waals surface area contributed by atoms with Gasteiger partial charge in [-0.2, -0.15) is 5.26 Å². The maximum absolute atomic E-state index is 14.0. The van der Waals surface area contributed by atoms with Crippen molar-refractivity contribution in [2.24, 2.45) is 11.8 Å². The van der Waals surface area contributed by atoms with Gasteiger partial charge in [0.05, 0.1) is 18.4 Å². The summed E-state index contributed by atoms with van der Waals surface area (Å²) < 4.78 is 14.0. The Kier molecular flexibility index (Phi) is 4.27. The number of nitrogens with zero attached hydrogens (tertiary/aromatic N) is 4. The van der Waals surface area contributed by atoms with Gasteiger partial charge >= 0.3 is 0 Å². The number of nitriles is 1. The Morgan fingerprint density at radius 3 is 2.70 bits per heavy atom. The fourth-order valence-corrected chi connectivity index (χ4v) is 4.16. The highest BCUT2D eigenvalue weighted by Gasteiger charge is 2.47. The van der Waals surface area contributed by atoms with E-state index < -0.39 is 0 Å². The summed E-state index contributed by atoms with van der Waals surface area (Å²) in [5.74, 6) is 0.675. The predicted octanol–water partition coefficient (Wildman–Crippen LogP) is 3.42. The molecular formula is C20H20FN5O. The molecule has 138 valence electrons. The van der Waals surface area contributed by atoms with E-state index in [1.165, 1.54) is 24.5 Å². The number of benzene rings is 1. The van der Waals surface area contributed by atoms with Crippen LogP contribution in [0.1, 0.15) is 44.0 Å². The van der Waals surface area contributed by atoms with E-state index in [1.807, 2.05) is 11.0 Å². The Balaban J connectivity index is 1.77. The number of rotatable bonds is 3. The van der Waals surface area contributed by atoms with Crippen LogP contribution in [0.4, 0.5) is 15.9 Å². The highest BCUT2D eigenvalue weighted by atomic mass is 19.1. The molecule has 6 nitrogen and oxygen atoms in total. The molecule has 1 aromatic heterocycles. The number of carbonyl (C=O) groups excluding carboxylic acids is 1. The van der Waals surface area contributed by atoms with Gasteiger partial charge in [-0.15, -0.1) is 0 Å². The molecule has 1 saturated carbocycles. The zero-order chi connectivity index (χ0) is 19.1. The molecular weight excluding hydrogens is 345 g/mol. The molecule has 3 atom stereocenters. The number of carbonyl (C=O) groups is 1. The molecule has 4 rings (SSSR count). The van der Waals surface area contributed by atoms with Gasteiger partial charge in [0.1, 0.15) is 17.7 Å². The van der Waals surface area contributed by atoms with Crippen molar-refractivity contribution in [1.29, 1.82) is 5.26 Å². The van der Waals surface area contributed by atoms with Crippen molar-refractivity contribution >= 4 is 17.4 Å². The molecule has 2 heterocycles. The lowest BCUT2D eigenvalue weighted by molar-refractivity contribution is -0.117. The summed E-state index contributed by atoms with van der Waals surface area (Å²) in [6, 6.07) is 6.36. The second-order valence-corrected chi connectivity index (χ2v) is 7.30. The Bertz CT molecular complexity index is 919. The van der Waals surface area contributed by atoms with Crippen LogP contribution in [0.15, 0.2) is 30.6 Å². The quantitative estimate of drug-likeness (QED) is 0.901. The molecule has 1 N–H and O–H groups in total. The summed E-state index contributed by atoms with van der Waals surface area (Å²) in [6.45, 7) is 3.65. The predicted molar refractivity (Wildman–Crippen MR) is 98.3 cm³/mol. The summed E-state index contributed by atoms with van der Waals surface area (Å²) in [5.41, 5.74) is 1.72. The van der Waals surface area contributed by atoms with Crippen molar-refractivity contribution in [3.63, 3.8) is 0 Å². The molecule has 1 aromatic carbocycles. The number of nitrogens with one attached hydrogen (secondary N) is 1. The highest BCUT2D eigenvalue weighted by molar-refractivity contribution is 5.94. The largest absolute Gasteiger partial charge is 0.362 e. The van der Waals surface area contributed by atoms with Crippen LogP contribution in [-0.4, -0.2) is 21.9 Å². The lowest BCUT2D eigenvalue weighted by Crippen LogP contribution is -2.51. The summed E-state index contributed by atoms with van der Waals surface area (Å²) in [5, 5.41) is 12.2. The van der Waals surface area contributed by atoms with Crippen molar-refractivity contribution < 1.29 is 9.18 Å². The average Bonchev–Trinajstić information content (AvgIpc) is 3.48. The zero-order valence-electron chi connectivity index (χ0n) is 15.2. The van der Waals surface area contributed by atoms with Crippen LogP contribution < -0.4 is 10.2 Å². The third-order valence-electron chi connectivity index (χ3n) is 5.46. The van der Waals surface area contributed by atoms with Crippen molar-refractivity contribution in [2.75, 3.05) is 10.2 Å². The van der Waals surface area contributed by atoms with Gasteiger partial charge in [0, 0.05) is 30.1 Å². The first-order valence-corrected chi connectivity index (χ1v) is 9.07. The van der Waals surface area contributed by atoms with Gasteiger partial charge in [-0.3, -0.25) is 4.79 Å². The van der Waals surface area contributed by atoms with Gasteiger partial charge < -0.3 is 10.2 Å². The molecule has 2 aromatic rings. The smallest absolute Gasteiger partial charge is 0.224 e. The Labute approximate surface area is 157 Å². The molecule has 7 heteroatoms. The number of fused-ring (bicyclic) bond motifs is 1. The molecule has 1 fully saturated rings. The third kappa shape index (κ3) is 3.12. The summed E-state index contributed by atoms with van der Waals surface area (Å²) in [6.07, 6.45) is 5.10.